The van der Waals surface area contributed by atoms with E-state index in [2.05, 4.69) is 15.5 Å². The molecule has 0 radical (unpaired) electrons. The molecule has 1 aliphatic rings. The summed E-state index contributed by atoms with van der Waals surface area (Å²) < 4.78 is 0. The Morgan fingerprint density at radius 3 is 3.00 bits per heavy atom. The predicted molar refractivity (Wildman–Crippen MR) is 58.0 cm³/mol. The van der Waals surface area contributed by atoms with Gasteiger partial charge in [0.1, 0.15) is 0 Å². The van der Waals surface area contributed by atoms with Crippen molar-refractivity contribution >= 4 is 17.5 Å². The zero-order valence-electron chi connectivity index (χ0n) is 8.37. The predicted octanol–water partition coefficient (Wildman–Crippen LogP) is 1.69. The van der Waals surface area contributed by atoms with Crippen LogP contribution < -0.4 is 5.32 Å². The lowest BCUT2D eigenvalue weighted by Gasteiger charge is -2.27. The summed E-state index contributed by atoms with van der Waals surface area (Å²) in [6.45, 7) is 0. The van der Waals surface area contributed by atoms with Crippen molar-refractivity contribution in [1.82, 2.24) is 15.5 Å². The molecule has 1 aromatic rings. The van der Waals surface area contributed by atoms with Crippen LogP contribution in [0, 0.1) is 0 Å². The van der Waals surface area contributed by atoms with Crippen molar-refractivity contribution < 1.29 is 4.79 Å². The van der Waals surface area contributed by atoms with E-state index in [9.17, 15) is 4.79 Å². The highest BCUT2D eigenvalue weighted by molar-refractivity contribution is 6.21. The molecule has 1 aliphatic carbocycles. The molecular formula is C10H14ClN3O. The maximum Gasteiger partial charge on any atom is 0.254 e. The number of rotatable bonds is 2. The fourth-order valence-electron chi connectivity index (χ4n) is 1.87. The number of alkyl halides is 1. The minimum Gasteiger partial charge on any atom is -0.348 e. The van der Waals surface area contributed by atoms with Crippen LogP contribution in [-0.4, -0.2) is 27.5 Å². The molecule has 0 saturated heterocycles. The number of aromatic nitrogens is 2. The summed E-state index contributed by atoms with van der Waals surface area (Å²) in [6, 6.07) is 0.0998. The van der Waals surface area contributed by atoms with E-state index in [1.165, 1.54) is 6.20 Å². The van der Waals surface area contributed by atoms with Gasteiger partial charge in [0, 0.05) is 12.2 Å². The van der Waals surface area contributed by atoms with Crippen LogP contribution in [0.1, 0.15) is 36.0 Å². The van der Waals surface area contributed by atoms with E-state index in [0.717, 1.165) is 25.7 Å². The molecule has 2 rings (SSSR count). The van der Waals surface area contributed by atoms with Crippen molar-refractivity contribution in [2.75, 3.05) is 0 Å². The molecule has 1 amide bonds. The summed E-state index contributed by atoms with van der Waals surface area (Å²) in [6.07, 6.45) is 7.35. The average Bonchev–Trinajstić information content (AvgIpc) is 2.74. The summed E-state index contributed by atoms with van der Waals surface area (Å²) in [7, 11) is 0. The van der Waals surface area contributed by atoms with Crippen LogP contribution in [0.3, 0.4) is 0 Å². The van der Waals surface area contributed by atoms with Crippen molar-refractivity contribution in [3.05, 3.63) is 18.0 Å². The second-order valence-electron chi connectivity index (χ2n) is 3.87. The summed E-state index contributed by atoms with van der Waals surface area (Å²) in [5.41, 5.74) is 0.560. The monoisotopic (exact) mass is 227 g/mol. The highest BCUT2D eigenvalue weighted by Crippen LogP contribution is 2.23. The van der Waals surface area contributed by atoms with Crippen LogP contribution in [-0.2, 0) is 0 Å². The van der Waals surface area contributed by atoms with E-state index in [1.54, 1.807) is 6.20 Å². The Hall–Kier alpha value is -1.03. The summed E-state index contributed by atoms with van der Waals surface area (Å²) in [4.78, 5) is 11.7. The van der Waals surface area contributed by atoms with E-state index in [0.29, 0.717) is 5.56 Å². The first-order valence-corrected chi connectivity index (χ1v) is 5.65. The lowest BCUT2D eigenvalue weighted by Crippen LogP contribution is -2.42. The molecule has 0 aliphatic heterocycles. The molecular weight excluding hydrogens is 214 g/mol. The number of aromatic amines is 1. The third-order valence-corrected chi connectivity index (χ3v) is 3.28. The van der Waals surface area contributed by atoms with Crippen LogP contribution in [0.5, 0.6) is 0 Å². The topological polar surface area (TPSA) is 57.8 Å². The first-order valence-electron chi connectivity index (χ1n) is 5.21. The molecule has 2 atom stereocenters. The fraction of sp³-hybridized carbons (Fsp3) is 0.600. The third kappa shape index (κ3) is 2.50. The summed E-state index contributed by atoms with van der Waals surface area (Å²) >= 11 is 6.15. The first kappa shape index (κ1) is 10.5. The van der Waals surface area contributed by atoms with Crippen LogP contribution in [0.4, 0.5) is 0 Å². The zero-order valence-corrected chi connectivity index (χ0v) is 9.13. The SMILES string of the molecule is O=C(NC1CCCCC1Cl)c1cn[nH]c1. The molecule has 0 aromatic carbocycles. The number of amides is 1. The van der Waals surface area contributed by atoms with Crippen LogP contribution >= 0.6 is 11.6 Å². The lowest BCUT2D eigenvalue weighted by molar-refractivity contribution is 0.0929. The van der Waals surface area contributed by atoms with Crippen LogP contribution in [0.2, 0.25) is 0 Å². The highest BCUT2D eigenvalue weighted by atomic mass is 35.5. The molecule has 1 fully saturated rings. The quantitative estimate of drug-likeness (QED) is 0.756. The lowest BCUT2D eigenvalue weighted by atomic mass is 9.95. The normalized spacial score (nSPS) is 26.2. The number of hydrogen-bond acceptors (Lipinski definition) is 2. The maximum absolute atomic E-state index is 11.7. The van der Waals surface area contributed by atoms with Crippen molar-refractivity contribution in [1.29, 1.82) is 0 Å². The van der Waals surface area contributed by atoms with Gasteiger partial charge in [-0.25, -0.2) is 0 Å². The van der Waals surface area contributed by atoms with Gasteiger partial charge < -0.3 is 5.32 Å². The second-order valence-corrected chi connectivity index (χ2v) is 4.43. The number of carbonyl (C=O) groups is 1. The number of nitrogens with one attached hydrogen (secondary N) is 2. The Morgan fingerprint density at radius 2 is 2.33 bits per heavy atom. The van der Waals surface area contributed by atoms with Gasteiger partial charge in [0.25, 0.3) is 5.91 Å². The minimum atomic E-state index is -0.0960. The largest absolute Gasteiger partial charge is 0.348 e. The van der Waals surface area contributed by atoms with Crippen LogP contribution in [0.25, 0.3) is 0 Å². The van der Waals surface area contributed by atoms with E-state index < -0.39 is 0 Å². The van der Waals surface area contributed by atoms with Gasteiger partial charge in [0.2, 0.25) is 0 Å². The molecule has 5 heteroatoms. The van der Waals surface area contributed by atoms with Gasteiger partial charge >= 0.3 is 0 Å². The summed E-state index contributed by atoms with van der Waals surface area (Å²) in [5.74, 6) is -0.0960. The zero-order chi connectivity index (χ0) is 10.7. The van der Waals surface area contributed by atoms with Gasteiger partial charge in [-0.3, -0.25) is 9.89 Å². The smallest absolute Gasteiger partial charge is 0.254 e. The molecule has 1 heterocycles. The standard InChI is InChI=1S/C10H14ClN3O/c11-8-3-1-2-4-9(8)14-10(15)7-5-12-13-6-7/h5-6,8-9H,1-4H2,(H,12,13)(H,14,15). The van der Waals surface area contributed by atoms with Crippen molar-refractivity contribution in [2.45, 2.75) is 37.1 Å². The number of hydrogen-bond donors (Lipinski definition) is 2. The molecule has 0 spiro atoms. The van der Waals surface area contributed by atoms with Crippen molar-refractivity contribution in [2.24, 2.45) is 0 Å². The third-order valence-electron chi connectivity index (χ3n) is 2.76. The highest BCUT2D eigenvalue weighted by Gasteiger charge is 2.24. The average molecular weight is 228 g/mol. The Bertz CT molecular complexity index is 325. The Kier molecular flexibility index (Phi) is 3.26. The molecule has 1 aromatic heterocycles. The number of carbonyl (C=O) groups excluding carboxylic acids is 1. The fourth-order valence-corrected chi connectivity index (χ4v) is 2.22. The molecule has 82 valence electrons. The number of nitrogens with zero attached hydrogens (tertiary/aromatic N) is 1. The Balaban J connectivity index is 1.93. The summed E-state index contributed by atoms with van der Waals surface area (Å²) in [5, 5.41) is 9.36. The molecule has 2 unspecified atom stereocenters. The van der Waals surface area contributed by atoms with Gasteiger partial charge in [-0.1, -0.05) is 12.8 Å². The van der Waals surface area contributed by atoms with Gasteiger partial charge in [0.05, 0.1) is 17.1 Å². The molecule has 1 saturated carbocycles. The van der Waals surface area contributed by atoms with E-state index >= 15 is 0 Å². The van der Waals surface area contributed by atoms with E-state index in [4.69, 9.17) is 11.6 Å². The van der Waals surface area contributed by atoms with E-state index in [-0.39, 0.29) is 17.3 Å². The second kappa shape index (κ2) is 4.66. The Labute approximate surface area is 93.4 Å². The number of H-pyrrole nitrogens is 1. The van der Waals surface area contributed by atoms with Gasteiger partial charge in [0.15, 0.2) is 0 Å². The molecule has 0 bridgehead atoms. The van der Waals surface area contributed by atoms with Crippen molar-refractivity contribution in [3.63, 3.8) is 0 Å². The van der Waals surface area contributed by atoms with Crippen LogP contribution in [0.15, 0.2) is 12.4 Å². The molecule has 4 nitrogen and oxygen atoms in total. The van der Waals surface area contributed by atoms with E-state index in [1.807, 2.05) is 0 Å². The maximum atomic E-state index is 11.7. The Morgan fingerprint density at radius 1 is 1.53 bits per heavy atom. The van der Waals surface area contributed by atoms with Gasteiger partial charge in [-0.2, -0.15) is 5.10 Å². The molecule has 15 heavy (non-hydrogen) atoms. The van der Waals surface area contributed by atoms with Gasteiger partial charge in [-0.05, 0) is 12.8 Å². The van der Waals surface area contributed by atoms with Crippen molar-refractivity contribution in [3.8, 4) is 0 Å². The number of halogens is 1. The van der Waals surface area contributed by atoms with Gasteiger partial charge in [-0.15, -0.1) is 11.6 Å². The molecule has 2 N–H and O–H groups in total. The first-order chi connectivity index (χ1) is 7.27. The minimum absolute atomic E-state index is 0.0644.